The molecule has 0 radical (unpaired) electrons. The van der Waals surface area contributed by atoms with Crippen LogP contribution < -0.4 is 10.2 Å². The molecule has 2 aromatic carbocycles. The molecule has 0 atom stereocenters. The van der Waals surface area contributed by atoms with Gasteiger partial charge in [-0.05, 0) is 42.7 Å². The first-order valence-corrected chi connectivity index (χ1v) is 9.99. The Kier molecular flexibility index (Phi) is 5.60. The number of allylic oxidation sites excluding steroid dienone is 1. The number of benzene rings is 2. The smallest absolute Gasteiger partial charge is 0.223 e. The molecule has 6 heteroatoms. The number of fused-ring (bicyclic) bond motifs is 1. The maximum absolute atomic E-state index is 13.3. The van der Waals surface area contributed by atoms with Crippen LogP contribution in [0.15, 0.2) is 61.2 Å². The first-order chi connectivity index (χ1) is 14.2. The lowest BCUT2D eigenvalue weighted by Crippen LogP contribution is -2.41. The van der Waals surface area contributed by atoms with Gasteiger partial charge in [-0.1, -0.05) is 30.3 Å². The highest BCUT2D eigenvalue weighted by molar-refractivity contribution is 5.80. The third-order valence-corrected chi connectivity index (χ3v) is 5.45. The number of hydrogen-bond acceptors (Lipinski definition) is 3. The fourth-order valence-corrected chi connectivity index (χ4v) is 3.94. The lowest BCUT2D eigenvalue weighted by atomic mass is 9.96. The molecule has 0 unspecified atom stereocenters. The van der Waals surface area contributed by atoms with Crippen molar-refractivity contribution in [2.24, 2.45) is 5.92 Å². The van der Waals surface area contributed by atoms with E-state index in [2.05, 4.69) is 27.4 Å². The molecule has 150 valence electrons. The van der Waals surface area contributed by atoms with E-state index in [1.807, 2.05) is 30.3 Å². The van der Waals surface area contributed by atoms with E-state index in [1.54, 1.807) is 6.07 Å². The molecular weight excluding hydrogens is 367 g/mol. The molecule has 1 N–H and O–H groups in total. The standard InChI is InChI=1S/C23H25FN4O/c1-2-12-28-21-9-4-3-8-20(21)26-23(28)27-13-10-18(11-14-27)22(29)25-16-17-6-5-7-19(24)15-17/h2-9,15,18H,1,10-14,16H2,(H,25,29). The zero-order valence-electron chi connectivity index (χ0n) is 16.4. The monoisotopic (exact) mass is 392 g/mol. The minimum Gasteiger partial charge on any atom is -0.352 e. The van der Waals surface area contributed by atoms with Gasteiger partial charge in [-0.2, -0.15) is 0 Å². The highest BCUT2D eigenvalue weighted by atomic mass is 19.1. The van der Waals surface area contributed by atoms with Gasteiger partial charge in [0.15, 0.2) is 0 Å². The molecule has 0 aliphatic carbocycles. The maximum atomic E-state index is 13.3. The lowest BCUT2D eigenvalue weighted by Gasteiger charge is -2.32. The van der Waals surface area contributed by atoms with E-state index in [-0.39, 0.29) is 17.6 Å². The Morgan fingerprint density at radius 2 is 2.00 bits per heavy atom. The van der Waals surface area contributed by atoms with Crippen molar-refractivity contribution in [2.45, 2.75) is 25.9 Å². The van der Waals surface area contributed by atoms with Gasteiger partial charge >= 0.3 is 0 Å². The molecule has 4 rings (SSSR count). The number of aromatic nitrogens is 2. The third-order valence-electron chi connectivity index (χ3n) is 5.45. The van der Waals surface area contributed by atoms with Crippen LogP contribution >= 0.6 is 0 Å². The van der Waals surface area contributed by atoms with Crippen molar-refractivity contribution in [3.8, 4) is 0 Å². The summed E-state index contributed by atoms with van der Waals surface area (Å²) in [5, 5.41) is 2.95. The number of carbonyl (C=O) groups is 1. The average molecular weight is 392 g/mol. The fraction of sp³-hybridized carbons (Fsp3) is 0.304. The SMILES string of the molecule is C=CCn1c(N2CCC(C(=O)NCc3cccc(F)c3)CC2)nc2ccccc21. The first kappa shape index (κ1) is 19.2. The van der Waals surface area contributed by atoms with Crippen molar-refractivity contribution < 1.29 is 9.18 Å². The molecule has 5 nitrogen and oxygen atoms in total. The van der Waals surface area contributed by atoms with Gasteiger partial charge in [0, 0.05) is 32.1 Å². The predicted molar refractivity (Wildman–Crippen MR) is 113 cm³/mol. The Balaban J connectivity index is 1.39. The number of halogens is 1. The quantitative estimate of drug-likeness (QED) is 0.648. The summed E-state index contributed by atoms with van der Waals surface area (Å²) in [6, 6.07) is 14.4. The number of hydrogen-bond donors (Lipinski definition) is 1. The molecule has 1 amide bonds. The van der Waals surface area contributed by atoms with Crippen molar-refractivity contribution >= 4 is 22.9 Å². The van der Waals surface area contributed by atoms with Gasteiger partial charge in [0.1, 0.15) is 5.82 Å². The van der Waals surface area contributed by atoms with Gasteiger partial charge in [-0.15, -0.1) is 6.58 Å². The van der Waals surface area contributed by atoms with E-state index in [0.717, 1.165) is 48.5 Å². The van der Waals surface area contributed by atoms with Crippen LogP contribution in [-0.4, -0.2) is 28.5 Å². The predicted octanol–water partition coefficient (Wildman–Crippen LogP) is 3.89. The molecule has 3 aromatic rings. The van der Waals surface area contributed by atoms with Crippen LogP contribution in [0.3, 0.4) is 0 Å². The van der Waals surface area contributed by atoms with Crippen LogP contribution in [0.4, 0.5) is 10.3 Å². The van der Waals surface area contributed by atoms with Crippen molar-refractivity contribution in [3.63, 3.8) is 0 Å². The number of anilines is 1. The van der Waals surface area contributed by atoms with Crippen molar-refractivity contribution in [1.29, 1.82) is 0 Å². The summed E-state index contributed by atoms with van der Waals surface area (Å²) < 4.78 is 15.5. The molecule has 1 fully saturated rings. The minimum atomic E-state index is -0.285. The molecule has 2 heterocycles. The number of nitrogens with one attached hydrogen (secondary N) is 1. The van der Waals surface area contributed by atoms with E-state index in [1.165, 1.54) is 12.1 Å². The Morgan fingerprint density at radius 3 is 2.76 bits per heavy atom. The van der Waals surface area contributed by atoms with E-state index in [4.69, 9.17) is 4.98 Å². The molecule has 0 spiro atoms. The van der Waals surface area contributed by atoms with E-state index in [9.17, 15) is 9.18 Å². The molecule has 1 aromatic heterocycles. The Labute approximate surface area is 169 Å². The molecule has 1 saturated heterocycles. The minimum absolute atomic E-state index is 0.0305. The summed E-state index contributed by atoms with van der Waals surface area (Å²) in [5.41, 5.74) is 2.84. The fourth-order valence-electron chi connectivity index (χ4n) is 3.94. The van der Waals surface area contributed by atoms with Crippen LogP contribution in [0, 0.1) is 11.7 Å². The highest BCUT2D eigenvalue weighted by Gasteiger charge is 2.27. The average Bonchev–Trinajstić information content (AvgIpc) is 3.11. The van der Waals surface area contributed by atoms with Gasteiger partial charge in [0.25, 0.3) is 0 Å². The molecule has 29 heavy (non-hydrogen) atoms. The second-order valence-corrected chi connectivity index (χ2v) is 7.41. The van der Waals surface area contributed by atoms with Gasteiger partial charge < -0.3 is 14.8 Å². The number of piperidine rings is 1. The second kappa shape index (κ2) is 8.47. The Hall–Kier alpha value is -3.15. The highest BCUT2D eigenvalue weighted by Crippen LogP contribution is 2.27. The summed E-state index contributed by atoms with van der Waals surface area (Å²) in [5.74, 6) is 0.655. The third kappa shape index (κ3) is 4.16. The summed E-state index contributed by atoms with van der Waals surface area (Å²) in [6.07, 6.45) is 3.42. The summed E-state index contributed by atoms with van der Waals surface area (Å²) >= 11 is 0. The van der Waals surface area contributed by atoms with Crippen LogP contribution in [-0.2, 0) is 17.9 Å². The molecule has 0 bridgehead atoms. The number of nitrogens with zero attached hydrogens (tertiary/aromatic N) is 3. The van der Waals surface area contributed by atoms with Crippen LogP contribution in [0.5, 0.6) is 0 Å². The molecule has 0 saturated carbocycles. The normalized spacial score (nSPS) is 14.9. The largest absolute Gasteiger partial charge is 0.352 e. The molecule has 1 aliphatic heterocycles. The van der Waals surface area contributed by atoms with E-state index in [0.29, 0.717) is 13.1 Å². The van der Waals surface area contributed by atoms with Gasteiger partial charge in [0.05, 0.1) is 11.0 Å². The number of imidazole rings is 1. The van der Waals surface area contributed by atoms with Crippen molar-refractivity contribution in [1.82, 2.24) is 14.9 Å². The topological polar surface area (TPSA) is 50.2 Å². The zero-order chi connectivity index (χ0) is 20.2. The summed E-state index contributed by atoms with van der Waals surface area (Å²) in [7, 11) is 0. The summed E-state index contributed by atoms with van der Waals surface area (Å²) in [4.78, 5) is 19.6. The van der Waals surface area contributed by atoms with Crippen LogP contribution in [0.1, 0.15) is 18.4 Å². The van der Waals surface area contributed by atoms with Gasteiger partial charge in [-0.3, -0.25) is 4.79 Å². The van der Waals surface area contributed by atoms with Crippen molar-refractivity contribution in [3.05, 3.63) is 72.6 Å². The van der Waals surface area contributed by atoms with Gasteiger partial charge in [-0.25, -0.2) is 9.37 Å². The summed E-state index contributed by atoms with van der Waals surface area (Å²) in [6.45, 7) is 6.48. The number of amides is 1. The van der Waals surface area contributed by atoms with Crippen LogP contribution in [0.25, 0.3) is 11.0 Å². The Morgan fingerprint density at radius 1 is 1.21 bits per heavy atom. The zero-order valence-corrected chi connectivity index (χ0v) is 16.4. The second-order valence-electron chi connectivity index (χ2n) is 7.41. The van der Waals surface area contributed by atoms with Crippen molar-refractivity contribution in [2.75, 3.05) is 18.0 Å². The Bertz CT molecular complexity index is 1020. The number of para-hydroxylation sites is 2. The lowest BCUT2D eigenvalue weighted by molar-refractivity contribution is -0.125. The van der Waals surface area contributed by atoms with E-state index >= 15 is 0 Å². The molecule has 1 aliphatic rings. The van der Waals surface area contributed by atoms with Crippen LogP contribution in [0.2, 0.25) is 0 Å². The molecular formula is C23H25FN4O. The van der Waals surface area contributed by atoms with E-state index < -0.39 is 0 Å². The number of carbonyl (C=O) groups excluding carboxylic acids is 1. The maximum Gasteiger partial charge on any atom is 0.223 e. The first-order valence-electron chi connectivity index (χ1n) is 9.99. The van der Waals surface area contributed by atoms with Gasteiger partial charge in [0.2, 0.25) is 11.9 Å². The number of rotatable bonds is 6.